The van der Waals surface area contributed by atoms with Crippen LogP contribution in [0, 0.1) is 5.92 Å². The fraction of sp³-hybridized carbons (Fsp3) is 0.435. The minimum Gasteiger partial charge on any atom is -0.486 e. The van der Waals surface area contributed by atoms with Crippen molar-refractivity contribution < 1.29 is 14.6 Å². The maximum atomic E-state index is 12.4. The smallest absolute Gasteiger partial charge is 0.326 e. The number of imidazole rings is 1. The molecular weight excluding hydrogens is 382 g/mol. The van der Waals surface area contributed by atoms with Crippen LogP contribution in [0.2, 0.25) is 0 Å². The van der Waals surface area contributed by atoms with Crippen LogP contribution in [0.1, 0.15) is 12.8 Å². The van der Waals surface area contributed by atoms with Gasteiger partial charge in [-0.25, -0.2) is 4.79 Å². The third-order valence-electron chi connectivity index (χ3n) is 6.13. The van der Waals surface area contributed by atoms with Crippen LogP contribution in [0.4, 0.5) is 0 Å². The highest BCUT2D eigenvalue weighted by Gasteiger charge is 2.30. The predicted octanol–water partition coefficient (Wildman–Crippen LogP) is 2.24. The topological polar surface area (TPSA) is 79.7 Å². The summed E-state index contributed by atoms with van der Waals surface area (Å²) in [4.78, 5) is 17.6. The van der Waals surface area contributed by atoms with Crippen molar-refractivity contribution in [3.8, 4) is 11.5 Å². The van der Waals surface area contributed by atoms with E-state index in [1.54, 1.807) is 0 Å². The molecule has 2 aliphatic rings. The van der Waals surface area contributed by atoms with Gasteiger partial charge in [0.15, 0.2) is 17.6 Å². The van der Waals surface area contributed by atoms with Crippen molar-refractivity contribution in [1.82, 2.24) is 14.5 Å². The first-order valence-corrected chi connectivity index (χ1v) is 10.6. The Morgan fingerprint density at radius 3 is 2.83 bits per heavy atom. The summed E-state index contributed by atoms with van der Waals surface area (Å²) in [6.45, 7) is 3.37. The average molecular weight is 409 g/mol. The Morgan fingerprint density at radius 2 is 1.93 bits per heavy atom. The number of nitrogens with one attached hydrogen (secondary N) is 1. The van der Waals surface area contributed by atoms with E-state index in [1.165, 1.54) is 0 Å². The van der Waals surface area contributed by atoms with Gasteiger partial charge in [0.1, 0.15) is 12.7 Å². The summed E-state index contributed by atoms with van der Waals surface area (Å²) in [5, 5.41) is 10.8. The minimum absolute atomic E-state index is 0.0558. The molecule has 0 spiro atoms. The monoisotopic (exact) mass is 409 g/mol. The van der Waals surface area contributed by atoms with Gasteiger partial charge in [0, 0.05) is 19.6 Å². The van der Waals surface area contributed by atoms with Crippen molar-refractivity contribution in [3.05, 3.63) is 59.0 Å². The summed E-state index contributed by atoms with van der Waals surface area (Å²) < 4.78 is 13.5. The van der Waals surface area contributed by atoms with Gasteiger partial charge in [-0.1, -0.05) is 24.3 Å². The number of likely N-dealkylation sites (tertiary alicyclic amines) is 1. The fourth-order valence-corrected chi connectivity index (χ4v) is 4.62. The zero-order valence-electron chi connectivity index (χ0n) is 16.9. The Labute approximate surface area is 174 Å². The van der Waals surface area contributed by atoms with Gasteiger partial charge in [0.2, 0.25) is 0 Å². The highest BCUT2D eigenvalue weighted by molar-refractivity contribution is 5.74. The van der Waals surface area contributed by atoms with E-state index in [1.807, 2.05) is 53.1 Å². The molecule has 0 aliphatic carbocycles. The number of rotatable bonds is 5. The number of nitrogens with zero attached hydrogens (tertiary/aromatic N) is 2. The molecular formula is C23H27N3O4. The maximum Gasteiger partial charge on any atom is 0.326 e. The molecule has 2 N–H and O–H groups in total. The molecule has 5 rings (SSSR count). The number of β-amino-alcohol motifs (C(OH)–C–C–N with tert-alkyl or cyclic N) is 1. The van der Waals surface area contributed by atoms with Gasteiger partial charge < -0.3 is 24.5 Å². The largest absolute Gasteiger partial charge is 0.486 e. The maximum absolute atomic E-state index is 12.4. The van der Waals surface area contributed by atoms with Gasteiger partial charge in [-0.2, -0.15) is 0 Å². The first-order chi connectivity index (χ1) is 14.7. The number of piperidine rings is 1. The number of aliphatic hydroxyl groups is 1. The standard InChI is InChI=1S/C23H27N3O4/c27-19(22-15-29-20-9-3-4-10-21(20)30-22)14-25-11-5-6-16(12-25)13-26-18-8-2-1-7-17(18)24-23(26)28/h1-4,7-10,16,19,22,27H,5-6,11-15H2,(H,24,28). The molecule has 2 aromatic carbocycles. The number of ether oxygens (including phenoxy) is 2. The Bertz CT molecular complexity index is 1080. The van der Waals surface area contributed by atoms with E-state index in [0.717, 1.165) is 42.7 Å². The van der Waals surface area contributed by atoms with Crippen molar-refractivity contribution in [2.24, 2.45) is 5.92 Å². The molecule has 1 aromatic heterocycles. The van der Waals surface area contributed by atoms with Crippen LogP contribution in [-0.4, -0.2) is 58.0 Å². The summed E-state index contributed by atoms with van der Waals surface area (Å²) >= 11 is 0. The van der Waals surface area contributed by atoms with Crippen LogP contribution in [0.15, 0.2) is 53.3 Å². The zero-order chi connectivity index (χ0) is 20.5. The predicted molar refractivity (Wildman–Crippen MR) is 114 cm³/mol. The van der Waals surface area contributed by atoms with E-state index in [2.05, 4.69) is 9.88 Å². The summed E-state index contributed by atoms with van der Waals surface area (Å²) in [7, 11) is 0. The molecule has 2 aliphatic heterocycles. The Hall–Kier alpha value is -2.77. The van der Waals surface area contributed by atoms with Gasteiger partial charge in [-0.15, -0.1) is 0 Å². The van der Waals surface area contributed by atoms with Gasteiger partial charge in [0.05, 0.1) is 11.0 Å². The first-order valence-electron chi connectivity index (χ1n) is 10.6. The first kappa shape index (κ1) is 19.2. The van der Waals surface area contributed by atoms with E-state index in [-0.39, 0.29) is 11.8 Å². The lowest BCUT2D eigenvalue weighted by atomic mass is 9.97. The van der Waals surface area contributed by atoms with Crippen LogP contribution < -0.4 is 15.2 Å². The molecule has 30 heavy (non-hydrogen) atoms. The summed E-state index contributed by atoms with van der Waals surface area (Å²) in [5.41, 5.74) is 1.77. The molecule has 1 fully saturated rings. The highest BCUT2D eigenvalue weighted by atomic mass is 16.6. The molecule has 0 amide bonds. The van der Waals surface area contributed by atoms with Crippen molar-refractivity contribution in [2.75, 3.05) is 26.2 Å². The third-order valence-corrected chi connectivity index (χ3v) is 6.13. The van der Waals surface area contributed by atoms with Crippen molar-refractivity contribution in [2.45, 2.75) is 31.6 Å². The number of aliphatic hydroxyl groups excluding tert-OH is 1. The molecule has 7 nitrogen and oxygen atoms in total. The quantitative estimate of drug-likeness (QED) is 0.676. The van der Waals surface area contributed by atoms with Crippen molar-refractivity contribution in [3.63, 3.8) is 0 Å². The second-order valence-corrected chi connectivity index (χ2v) is 8.31. The summed E-state index contributed by atoms with van der Waals surface area (Å²) in [5.74, 6) is 1.78. The number of benzene rings is 2. The van der Waals surface area contributed by atoms with E-state index in [4.69, 9.17) is 9.47 Å². The van der Waals surface area contributed by atoms with E-state index < -0.39 is 6.10 Å². The Morgan fingerprint density at radius 1 is 1.13 bits per heavy atom. The van der Waals surface area contributed by atoms with Crippen LogP contribution in [-0.2, 0) is 6.54 Å². The summed E-state index contributed by atoms with van der Waals surface area (Å²) in [6, 6.07) is 15.4. The van der Waals surface area contributed by atoms with Crippen LogP contribution in [0.5, 0.6) is 11.5 Å². The lowest BCUT2D eigenvalue weighted by Gasteiger charge is -2.36. The number of para-hydroxylation sites is 4. The zero-order valence-corrected chi connectivity index (χ0v) is 16.9. The molecule has 0 saturated carbocycles. The number of H-pyrrole nitrogens is 1. The molecule has 3 atom stereocenters. The second-order valence-electron chi connectivity index (χ2n) is 8.31. The lowest BCUT2D eigenvalue weighted by Crippen LogP contribution is -2.48. The van der Waals surface area contributed by atoms with Gasteiger partial charge in [-0.3, -0.25) is 4.57 Å². The molecule has 158 valence electrons. The van der Waals surface area contributed by atoms with E-state index in [0.29, 0.717) is 31.4 Å². The van der Waals surface area contributed by atoms with E-state index >= 15 is 0 Å². The number of fused-ring (bicyclic) bond motifs is 2. The van der Waals surface area contributed by atoms with Crippen LogP contribution in [0.25, 0.3) is 11.0 Å². The highest BCUT2D eigenvalue weighted by Crippen LogP contribution is 2.32. The fourth-order valence-electron chi connectivity index (χ4n) is 4.62. The molecule has 0 bridgehead atoms. The minimum atomic E-state index is -0.632. The normalized spacial score (nSPS) is 22.8. The molecule has 0 radical (unpaired) electrons. The Kier molecular flexibility index (Phi) is 5.23. The van der Waals surface area contributed by atoms with E-state index in [9.17, 15) is 9.90 Å². The van der Waals surface area contributed by atoms with Crippen LogP contribution >= 0.6 is 0 Å². The second kappa shape index (κ2) is 8.16. The molecule has 3 unspecified atom stereocenters. The van der Waals surface area contributed by atoms with Crippen LogP contribution in [0.3, 0.4) is 0 Å². The number of hydrogen-bond donors (Lipinski definition) is 2. The average Bonchev–Trinajstić information content (AvgIpc) is 3.09. The van der Waals surface area contributed by atoms with Crippen molar-refractivity contribution >= 4 is 11.0 Å². The molecule has 3 aromatic rings. The SMILES string of the molecule is O=c1[nH]c2ccccc2n1CC1CCCN(CC(O)C2COc3ccccc3O2)C1. The molecule has 7 heteroatoms. The number of aromatic nitrogens is 2. The number of hydrogen-bond acceptors (Lipinski definition) is 5. The lowest BCUT2D eigenvalue weighted by molar-refractivity contribution is -0.0307. The molecule has 3 heterocycles. The van der Waals surface area contributed by atoms with Gasteiger partial charge in [-0.05, 0) is 49.6 Å². The summed E-state index contributed by atoms with van der Waals surface area (Å²) in [6.07, 6.45) is 1.12. The Balaban J connectivity index is 1.22. The van der Waals surface area contributed by atoms with Crippen molar-refractivity contribution in [1.29, 1.82) is 0 Å². The van der Waals surface area contributed by atoms with Gasteiger partial charge >= 0.3 is 5.69 Å². The number of aromatic amines is 1. The third kappa shape index (κ3) is 3.82. The molecule has 1 saturated heterocycles. The van der Waals surface area contributed by atoms with Gasteiger partial charge in [0.25, 0.3) is 0 Å².